The molecule has 4 aromatic rings. The van der Waals surface area contributed by atoms with Crippen molar-refractivity contribution in [3.05, 3.63) is 77.6 Å². The number of rotatable bonds is 8. The second-order valence-electron chi connectivity index (χ2n) is 7.96. The predicted molar refractivity (Wildman–Crippen MR) is 124 cm³/mol. The summed E-state index contributed by atoms with van der Waals surface area (Å²) >= 11 is 0. The Morgan fingerprint density at radius 2 is 1.71 bits per heavy atom. The summed E-state index contributed by atoms with van der Waals surface area (Å²) < 4.78 is 2.02. The Morgan fingerprint density at radius 3 is 2.42 bits per heavy atom. The van der Waals surface area contributed by atoms with E-state index < -0.39 is 6.10 Å². The van der Waals surface area contributed by atoms with Gasteiger partial charge < -0.3 is 20.3 Å². The number of anilines is 2. The van der Waals surface area contributed by atoms with Gasteiger partial charge in [0.05, 0.1) is 12.4 Å². The summed E-state index contributed by atoms with van der Waals surface area (Å²) in [6.45, 7) is 7.20. The fourth-order valence-corrected chi connectivity index (χ4v) is 3.37. The third kappa shape index (κ3) is 4.83. The van der Waals surface area contributed by atoms with Crippen molar-refractivity contribution >= 4 is 22.9 Å². The van der Waals surface area contributed by atoms with Crippen molar-refractivity contribution in [2.24, 2.45) is 0 Å². The number of aliphatic hydroxyl groups excluding tert-OH is 1. The van der Waals surface area contributed by atoms with Gasteiger partial charge in [0.25, 0.3) is 0 Å². The first-order chi connectivity index (χ1) is 15.0. The molecule has 0 aliphatic rings. The summed E-state index contributed by atoms with van der Waals surface area (Å²) in [7, 11) is 0. The summed E-state index contributed by atoms with van der Waals surface area (Å²) in [5.74, 6) is 1.12. The van der Waals surface area contributed by atoms with E-state index in [9.17, 15) is 5.11 Å². The molecule has 0 amide bonds. The van der Waals surface area contributed by atoms with Crippen molar-refractivity contribution in [3.8, 4) is 0 Å². The average Bonchev–Trinajstić information content (AvgIpc) is 3.22. The first-order valence-corrected chi connectivity index (χ1v) is 10.5. The van der Waals surface area contributed by atoms with E-state index in [0.717, 1.165) is 22.3 Å². The number of hydrogen-bond acceptors (Lipinski definition) is 6. The molecule has 4 rings (SSSR count). The molecule has 2 aromatic heterocycles. The van der Waals surface area contributed by atoms with Gasteiger partial charge in [0.2, 0.25) is 5.95 Å². The topological polar surface area (TPSA) is 87.9 Å². The van der Waals surface area contributed by atoms with Crippen molar-refractivity contribution in [1.82, 2.24) is 19.5 Å². The molecule has 1 atom stereocenters. The molecule has 7 heteroatoms. The summed E-state index contributed by atoms with van der Waals surface area (Å²) in [4.78, 5) is 13.9. The van der Waals surface area contributed by atoms with Crippen LogP contribution in [-0.4, -0.2) is 31.2 Å². The maximum absolute atomic E-state index is 10.5. The van der Waals surface area contributed by atoms with Gasteiger partial charge in [-0.25, -0.2) is 4.98 Å². The fraction of sp³-hybridized carbons (Fsp3) is 0.292. The summed E-state index contributed by atoms with van der Waals surface area (Å²) in [5, 5.41) is 17.1. The van der Waals surface area contributed by atoms with Gasteiger partial charge in [-0.3, -0.25) is 0 Å². The van der Waals surface area contributed by atoms with Crippen LogP contribution in [-0.2, 0) is 6.54 Å². The number of aromatic nitrogens is 4. The van der Waals surface area contributed by atoms with Gasteiger partial charge in [0, 0.05) is 19.1 Å². The summed E-state index contributed by atoms with van der Waals surface area (Å²) in [6.07, 6.45) is 1.14. The number of aliphatic hydroxyl groups is 1. The van der Waals surface area contributed by atoms with Gasteiger partial charge >= 0.3 is 0 Å². The second kappa shape index (κ2) is 9.14. The smallest absolute Gasteiger partial charge is 0.226 e. The molecule has 0 saturated heterocycles. The molecule has 2 aromatic carbocycles. The molecule has 0 aliphatic carbocycles. The number of benzene rings is 2. The molecule has 0 spiro atoms. The molecular formula is C24H28N6O. The van der Waals surface area contributed by atoms with Crippen molar-refractivity contribution in [2.75, 3.05) is 17.2 Å². The number of fused-ring (bicyclic) bond motifs is 1. The summed E-state index contributed by atoms with van der Waals surface area (Å²) in [5.41, 5.74) is 4.73. The SMILES string of the molecule is Cc1ccc(CNc2nc(NCC(O)c3ccccc3)nc3c2ncn3C(C)C)cc1. The van der Waals surface area contributed by atoms with Crippen LogP contribution >= 0.6 is 0 Å². The van der Waals surface area contributed by atoms with Crippen molar-refractivity contribution in [2.45, 2.75) is 39.5 Å². The molecule has 0 saturated carbocycles. The third-order valence-corrected chi connectivity index (χ3v) is 5.20. The van der Waals surface area contributed by atoms with E-state index in [-0.39, 0.29) is 6.04 Å². The highest BCUT2D eigenvalue weighted by Crippen LogP contribution is 2.24. The monoisotopic (exact) mass is 416 g/mol. The first-order valence-electron chi connectivity index (χ1n) is 10.5. The zero-order valence-corrected chi connectivity index (χ0v) is 18.1. The molecule has 160 valence electrons. The van der Waals surface area contributed by atoms with Crippen molar-refractivity contribution < 1.29 is 5.11 Å². The molecule has 0 aliphatic heterocycles. The minimum absolute atomic E-state index is 0.215. The Bertz CT molecular complexity index is 1140. The fourth-order valence-electron chi connectivity index (χ4n) is 3.37. The lowest BCUT2D eigenvalue weighted by atomic mass is 10.1. The van der Waals surface area contributed by atoms with Gasteiger partial charge in [-0.05, 0) is 31.9 Å². The Hall–Kier alpha value is -3.45. The van der Waals surface area contributed by atoms with E-state index in [1.807, 2.05) is 34.9 Å². The van der Waals surface area contributed by atoms with E-state index >= 15 is 0 Å². The van der Waals surface area contributed by atoms with Crippen LogP contribution in [0.1, 0.15) is 42.7 Å². The normalized spacial score (nSPS) is 12.3. The number of imidazole rings is 1. The average molecular weight is 417 g/mol. The molecule has 0 fully saturated rings. The zero-order chi connectivity index (χ0) is 21.8. The minimum atomic E-state index is -0.653. The molecular weight excluding hydrogens is 388 g/mol. The lowest BCUT2D eigenvalue weighted by Gasteiger charge is -2.14. The van der Waals surface area contributed by atoms with Crippen LogP contribution in [0.5, 0.6) is 0 Å². The highest BCUT2D eigenvalue weighted by Gasteiger charge is 2.16. The standard InChI is InChI=1S/C24H28N6O/c1-16(2)30-15-27-21-22(25-13-18-11-9-17(3)10-12-18)28-24(29-23(21)30)26-14-20(31)19-7-5-4-6-8-19/h4-12,15-16,20,31H,13-14H2,1-3H3,(H2,25,26,28,29). The molecule has 31 heavy (non-hydrogen) atoms. The van der Waals surface area contributed by atoms with E-state index in [0.29, 0.717) is 24.9 Å². The molecule has 0 radical (unpaired) electrons. The number of nitrogens with one attached hydrogen (secondary N) is 2. The maximum atomic E-state index is 10.5. The van der Waals surface area contributed by atoms with Crippen molar-refractivity contribution in [1.29, 1.82) is 0 Å². The van der Waals surface area contributed by atoms with Crippen LogP contribution in [0, 0.1) is 6.92 Å². The second-order valence-corrected chi connectivity index (χ2v) is 7.96. The van der Waals surface area contributed by atoms with Gasteiger partial charge in [0.15, 0.2) is 17.0 Å². The maximum Gasteiger partial charge on any atom is 0.226 e. The van der Waals surface area contributed by atoms with Gasteiger partial charge in [0.1, 0.15) is 0 Å². The Labute approximate surface area is 182 Å². The van der Waals surface area contributed by atoms with Crippen LogP contribution in [0.2, 0.25) is 0 Å². The lowest BCUT2D eigenvalue weighted by molar-refractivity contribution is 0.191. The van der Waals surface area contributed by atoms with Crippen LogP contribution in [0.4, 0.5) is 11.8 Å². The Balaban J connectivity index is 1.59. The molecule has 2 heterocycles. The van der Waals surface area contributed by atoms with Crippen LogP contribution in [0.15, 0.2) is 60.9 Å². The quantitative estimate of drug-likeness (QED) is 0.393. The molecule has 7 nitrogen and oxygen atoms in total. The van der Waals surface area contributed by atoms with E-state index in [4.69, 9.17) is 0 Å². The van der Waals surface area contributed by atoms with E-state index in [2.05, 4.69) is 70.6 Å². The molecule has 0 bridgehead atoms. The zero-order valence-electron chi connectivity index (χ0n) is 18.1. The Kier molecular flexibility index (Phi) is 6.13. The summed E-state index contributed by atoms with van der Waals surface area (Å²) in [6, 6.07) is 18.2. The van der Waals surface area contributed by atoms with Crippen LogP contribution in [0.25, 0.3) is 11.2 Å². The third-order valence-electron chi connectivity index (χ3n) is 5.20. The predicted octanol–water partition coefficient (Wildman–Crippen LogP) is 4.47. The number of aryl methyl sites for hydroxylation is 1. The first kappa shape index (κ1) is 20.8. The van der Waals surface area contributed by atoms with Crippen LogP contribution in [0.3, 0.4) is 0 Å². The number of nitrogens with zero attached hydrogens (tertiary/aromatic N) is 4. The van der Waals surface area contributed by atoms with E-state index in [1.165, 1.54) is 5.56 Å². The van der Waals surface area contributed by atoms with Crippen molar-refractivity contribution in [3.63, 3.8) is 0 Å². The number of hydrogen-bond donors (Lipinski definition) is 3. The van der Waals surface area contributed by atoms with Crippen LogP contribution < -0.4 is 10.6 Å². The lowest BCUT2D eigenvalue weighted by Crippen LogP contribution is -2.15. The molecule has 1 unspecified atom stereocenters. The Morgan fingerprint density at radius 1 is 0.968 bits per heavy atom. The minimum Gasteiger partial charge on any atom is -0.387 e. The van der Waals surface area contributed by atoms with Gasteiger partial charge in [-0.2, -0.15) is 9.97 Å². The highest BCUT2D eigenvalue weighted by molar-refractivity contribution is 5.84. The van der Waals surface area contributed by atoms with E-state index in [1.54, 1.807) is 6.33 Å². The van der Waals surface area contributed by atoms with Gasteiger partial charge in [-0.1, -0.05) is 60.2 Å². The highest BCUT2D eigenvalue weighted by atomic mass is 16.3. The molecule has 3 N–H and O–H groups in total. The van der Waals surface area contributed by atoms with Gasteiger partial charge in [-0.15, -0.1) is 0 Å². The largest absolute Gasteiger partial charge is 0.387 e.